The molecule has 3 nitrogen and oxygen atoms in total. The lowest BCUT2D eigenvalue weighted by Gasteiger charge is -2.13. The van der Waals surface area contributed by atoms with Crippen LogP contribution >= 0.6 is 27.5 Å². The Hall–Kier alpha value is -0.610. The zero-order valence-electron chi connectivity index (χ0n) is 9.11. The van der Waals surface area contributed by atoms with Crippen LogP contribution in [0.4, 0.5) is 5.69 Å². The van der Waals surface area contributed by atoms with E-state index in [0.29, 0.717) is 22.4 Å². The highest BCUT2D eigenvalue weighted by atomic mass is 79.9. The molecular formula is C11H13BrClNO2. The Morgan fingerprint density at radius 3 is 2.62 bits per heavy atom. The first-order valence-electron chi connectivity index (χ1n) is 4.98. The minimum atomic E-state index is -0.371. The molecule has 0 heterocycles. The minimum Gasteiger partial charge on any atom is -0.258 e. The van der Waals surface area contributed by atoms with Crippen LogP contribution in [0.25, 0.3) is 0 Å². The fraction of sp³-hybridized carbons (Fsp3) is 0.455. The van der Waals surface area contributed by atoms with E-state index in [1.807, 2.05) is 13.8 Å². The zero-order chi connectivity index (χ0) is 12.3. The third-order valence-electron chi connectivity index (χ3n) is 2.38. The fourth-order valence-corrected chi connectivity index (χ4v) is 1.84. The monoisotopic (exact) mass is 305 g/mol. The van der Waals surface area contributed by atoms with Crippen LogP contribution < -0.4 is 0 Å². The number of nitro groups is 1. The molecule has 0 aliphatic rings. The number of nitro benzene ring substituents is 1. The van der Waals surface area contributed by atoms with E-state index in [0.717, 1.165) is 0 Å². The van der Waals surface area contributed by atoms with E-state index >= 15 is 0 Å². The molecule has 0 N–H and O–H groups in total. The average Bonchev–Trinajstić information content (AvgIpc) is 2.20. The van der Waals surface area contributed by atoms with Crippen LogP contribution in [0.2, 0.25) is 0 Å². The topological polar surface area (TPSA) is 43.1 Å². The number of rotatable bonds is 4. The van der Waals surface area contributed by atoms with Crippen LogP contribution in [0.3, 0.4) is 0 Å². The molecule has 0 fully saturated rings. The van der Waals surface area contributed by atoms with Crippen molar-refractivity contribution in [2.75, 3.05) is 0 Å². The van der Waals surface area contributed by atoms with Crippen molar-refractivity contribution in [2.45, 2.75) is 25.6 Å². The van der Waals surface area contributed by atoms with Crippen molar-refractivity contribution in [3.8, 4) is 0 Å². The van der Waals surface area contributed by atoms with Gasteiger partial charge in [-0.15, -0.1) is 11.6 Å². The fourth-order valence-electron chi connectivity index (χ4n) is 1.33. The molecule has 16 heavy (non-hydrogen) atoms. The van der Waals surface area contributed by atoms with E-state index in [9.17, 15) is 10.1 Å². The van der Waals surface area contributed by atoms with Crippen molar-refractivity contribution in [1.82, 2.24) is 0 Å². The molecule has 0 spiro atoms. The number of hydrogen-bond acceptors (Lipinski definition) is 2. The maximum atomic E-state index is 10.9. The molecule has 0 amide bonds. The molecule has 88 valence electrons. The van der Waals surface area contributed by atoms with Gasteiger partial charge in [0.15, 0.2) is 0 Å². The number of alkyl halides is 1. The first kappa shape index (κ1) is 13.5. The van der Waals surface area contributed by atoms with Crippen LogP contribution in [0.5, 0.6) is 0 Å². The van der Waals surface area contributed by atoms with Gasteiger partial charge in [0.2, 0.25) is 0 Å². The maximum absolute atomic E-state index is 10.9. The highest BCUT2D eigenvalue weighted by molar-refractivity contribution is 9.10. The summed E-state index contributed by atoms with van der Waals surface area (Å²) >= 11 is 9.35. The van der Waals surface area contributed by atoms with E-state index in [1.54, 1.807) is 12.1 Å². The molecule has 0 bridgehead atoms. The van der Waals surface area contributed by atoms with Gasteiger partial charge >= 0.3 is 0 Å². The zero-order valence-corrected chi connectivity index (χ0v) is 11.5. The summed E-state index contributed by atoms with van der Waals surface area (Å²) < 4.78 is 0.707. The molecule has 1 atom stereocenters. The van der Waals surface area contributed by atoms with Gasteiger partial charge in [-0.05, 0) is 18.4 Å². The largest absolute Gasteiger partial charge is 0.273 e. The highest BCUT2D eigenvalue weighted by Crippen LogP contribution is 2.27. The van der Waals surface area contributed by atoms with Crippen molar-refractivity contribution >= 4 is 33.2 Å². The second-order valence-electron chi connectivity index (χ2n) is 3.99. The Morgan fingerprint density at radius 1 is 1.50 bits per heavy atom. The van der Waals surface area contributed by atoms with Crippen LogP contribution in [0.1, 0.15) is 19.4 Å². The van der Waals surface area contributed by atoms with Crippen LogP contribution in [-0.2, 0) is 6.42 Å². The Morgan fingerprint density at radius 2 is 2.12 bits per heavy atom. The lowest BCUT2D eigenvalue weighted by atomic mass is 10.0. The van der Waals surface area contributed by atoms with Crippen molar-refractivity contribution in [3.63, 3.8) is 0 Å². The van der Waals surface area contributed by atoms with E-state index in [-0.39, 0.29) is 16.0 Å². The standard InChI is InChI=1S/C11H13BrClNO2/c1-7(2)10(13)5-8-3-4-9(12)6-11(8)14(15)16/h3-4,6-7,10H,5H2,1-2H3. The normalized spacial score (nSPS) is 12.8. The molecule has 0 radical (unpaired) electrons. The molecule has 5 heteroatoms. The number of hydrogen-bond donors (Lipinski definition) is 0. The molecule has 0 saturated carbocycles. The van der Waals surface area contributed by atoms with Gasteiger partial charge in [0, 0.05) is 21.5 Å². The predicted molar refractivity (Wildman–Crippen MR) is 69.0 cm³/mol. The number of benzene rings is 1. The average molecular weight is 307 g/mol. The van der Waals surface area contributed by atoms with Gasteiger partial charge < -0.3 is 0 Å². The summed E-state index contributed by atoms with van der Waals surface area (Å²) in [5.41, 5.74) is 0.808. The Balaban J connectivity index is 2.99. The van der Waals surface area contributed by atoms with Crippen molar-refractivity contribution in [3.05, 3.63) is 38.3 Å². The second-order valence-corrected chi connectivity index (χ2v) is 5.47. The quantitative estimate of drug-likeness (QED) is 0.476. The van der Waals surface area contributed by atoms with Crippen molar-refractivity contribution in [1.29, 1.82) is 0 Å². The maximum Gasteiger partial charge on any atom is 0.273 e. The Labute approximate surface area is 108 Å². The van der Waals surface area contributed by atoms with E-state index in [1.165, 1.54) is 6.07 Å². The number of nitrogens with zero attached hydrogens (tertiary/aromatic N) is 1. The summed E-state index contributed by atoms with van der Waals surface area (Å²) in [6.45, 7) is 4.00. The molecule has 1 aromatic rings. The third kappa shape index (κ3) is 3.46. The molecular weight excluding hydrogens is 293 g/mol. The van der Waals surface area contributed by atoms with Gasteiger partial charge in [0.05, 0.1) is 4.92 Å². The molecule has 0 aliphatic heterocycles. The van der Waals surface area contributed by atoms with Crippen LogP contribution in [0, 0.1) is 16.0 Å². The lowest BCUT2D eigenvalue weighted by molar-refractivity contribution is -0.385. The van der Waals surface area contributed by atoms with Gasteiger partial charge in [-0.3, -0.25) is 10.1 Å². The van der Waals surface area contributed by atoms with Gasteiger partial charge in [-0.1, -0.05) is 35.8 Å². The van der Waals surface area contributed by atoms with Crippen molar-refractivity contribution < 1.29 is 4.92 Å². The predicted octanol–water partition coefficient (Wildman–Crippen LogP) is 4.16. The first-order valence-corrected chi connectivity index (χ1v) is 6.21. The second kappa shape index (κ2) is 5.64. The highest BCUT2D eigenvalue weighted by Gasteiger charge is 2.18. The molecule has 1 unspecified atom stereocenters. The summed E-state index contributed by atoms with van der Waals surface area (Å²) in [5.74, 6) is 0.296. The lowest BCUT2D eigenvalue weighted by Crippen LogP contribution is -2.12. The molecule has 0 saturated heterocycles. The van der Waals surface area contributed by atoms with Gasteiger partial charge in [-0.25, -0.2) is 0 Å². The summed E-state index contributed by atoms with van der Waals surface area (Å²) in [6.07, 6.45) is 0.517. The smallest absolute Gasteiger partial charge is 0.258 e. The molecule has 0 aromatic heterocycles. The van der Waals surface area contributed by atoms with Gasteiger partial charge in [-0.2, -0.15) is 0 Å². The molecule has 0 aliphatic carbocycles. The molecule has 1 rings (SSSR count). The Bertz CT molecular complexity index is 396. The SMILES string of the molecule is CC(C)C(Cl)Cc1ccc(Br)cc1[N+](=O)[O-]. The summed E-state index contributed by atoms with van der Waals surface area (Å²) in [4.78, 5) is 10.5. The van der Waals surface area contributed by atoms with Gasteiger partial charge in [0.1, 0.15) is 0 Å². The van der Waals surface area contributed by atoms with Gasteiger partial charge in [0.25, 0.3) is 5.69 Å². The van der Waals surface area contributed by atoms with Crippen molar-refractivity contribution in [2.24, 2.45) is 5.92 Å². The summed E-state index contributed by atoms with van der Waals surface area (Å²) in [6, 6.07) is 5.06. The van der Waals surface area contributed by atoms with Crippen LogP contribution in [0.15, 0.2) is 22.7 Å². The van der Waals surface area contributed by atoms with E-state index in [2.05, 4.69) is 15.9 Å². The third-order valence-corrected chi connectivity index (χ3v) is 3.53. The van der Waals surface area contributed by atoms with E-state index in [4.69, 9.17) is 11.6 Å². The van der Waals surface area contributed by atoms with E-state index < -0.39 is 0 Å². The Kier molecular flexibility index (Phi) is 4.74. The number of halogens is 2. The summed E-state index contributed by atoms with van der Waals surface area (Å²) in [5, 5.41) is 10.8. The first-order chi connectivity index (χ1) is 7.41. The minimum absolute atomic E-state index is 0.0834. The summed E-state index contributed by atoms with van der Waals surface area (Å²) in [7, 11) is 0. The molecule has 1 aromatic carbocycles. The van der Waals surface area contributed by atoms with Crippen LogP contribution in [-0.4, -0.2) is 10.3 Å².